The number of aliphatic hydroxyl groups excluding tert-OH is 2. The molecule has 2 unspecified atom stereocenters. The fraction of sp³-hybridized carbons (Fsp3) is 0.714. The molecular weight excluding hydrogens is 328 g/mol. The minimum Gasteiger partial charge on any atom is -0.466 e. The SMILES string of the molecule is CC(=O)OCC(CO)OC(C)=O.CC(=O)OCCC(O)OC(C)=O. The van der Waals surface area contributed by atoms with E-state index >= 15 is 0 Å². The van der Waals surface area contributed by atoms with Gasteiger partial charge < -0.3 is 29.2 Å². The van der Waals surface area contributed by atoms with Gasteiger partial charge in [-0.15, -0.1) is 0 Å². The van der Waals surface area contributed by atoms with E-state index in [1.807, 2.05) is 0 Å². The molecule has 10 heteroatoms. The van der Waals surface area contributed by atoms with Crippen molar-refractivity contribution in [3.63, 3.8) is 0 Å². The third kappa shape index (κ3) is 19.8. The molecule has 0 amide bonds. The maximum Gasteiger partial charge on any atom is 0.304 e. The van der Waals surface area contributed by atoms with Gasteiger partial charge >= 0.3 is 23.9 Å². The van der Waals surface area contributed by atoms with Crippen molar-refractivity contribution in [1.82, 2.24) is 0 Å². The summed E-state index contributed by atoms with van der Waals surface area (Å²) in [4.78, 5) is 41.2. The highest BCUT2D eigenvalue weighted by atomic mass is 16.6. The first-order valence-corrected chi connectivity index (χ1v) is 6.98. The number of carbonyl (C=O) groups is 4. The molecule has 0 heterocycles. The van der Waals surface area contributed by atoms with E-state index in [9.17, 15) is 19.2 Å². The molecule has 0 aromatic heterocycles. The maximum atomic E-state index is 10.4. The Balaban J connectivity index is 0. The zero-order valence-electron chi connectivity index (χ0n) is 14.1. The number of esters is 4. The summed E-state index contributed by atoms with van der Waals surface area (Å²) in [5, 5.41) is 17.5. The Kier molecular flexibility index (Phi) is 14.4. The molecule has 0 radical (unpaired) electrons. The van der Waals surface area contributed by atoms with E-state index in [4.69, 9.17) is 10.2 Å². The van der Waals surface area contributed by atoms with Crippen molar-refractivity contribution in [3.05, 3.63) is 0 Å². The van der Waals surface area contributed by atoms with Crippen LogP contribution >= 0.6 is 0 Å². The third-order valence-electron chi connectivity index (χ3n) is 1.98. The summed E-state index contributed by atoms with van der Waals surface area (Å²) in [7, 11) is 0. The van der Waals surface area contributed by atoms with Crippen molar-refractivity contribution in [2.45, 2.75) is 46.5 Å². The van der Waals surface area contributed by atoms with Gasteiger partial charge in [-0.1, -0.05) is 0 Å². The number of ether oxygens (including phenoxy) is 4. The lowest BCUT2D eigenvalue weighted by Gasteiger charge is -2.13. The van der Waals surface area contributed by atoms with Crippen molar-refractivity contribution in [2.24, 2.45) is 0 Å². The molecule has 140 valence electrons. The van der Waals surface area contributed by atoms with Gasteiger partial charge in [-0.3, -0.25) is 19.2 Å². The minimum absolute atomic E-state index is 0.0454. The van der Waals surface area contributed by atoms with Crippen LogP contribution in [0.25, 0.3) is 0 Å². The summed E-state index contributed by atoms with van der Waals surface area (Å²) >= 11 is 0. The van der Waals surface area contributed by atoms with Crippen molar-refractivity contribution in [1.29, 1.82) is 0 Å². The van der Waals surface area contributed by atoms with Crippen molar-refractivity contribution in [2.75, 3.05) is 19.8 Å². The number of hydrogen-bond donors (Lipinski definition) is 2. The van der Waals surface area contributed by atoms with Crippen LogP contribution < -0.4 is 0 Å². The largest absolute Gasteiger partial charge is 0.466 e. The highest BCUT2D eigenvalue weighted by molar-refractivity contribution is 5.67. The van der Waals surface area contributed by atoms with E-state index in [-0.39, 0.29) is 26.2 Å². The van der Waals surface area contributed by atoms with Gasteiger partial charge in [0.15, 0.2) is 6.10 Å². The first-order chi connectivity index (χ1) is 11.1. The number of rotatable bonds is 8. The minimum atomic E-state index is -1.19. The summed E-state index contributed by atoms with van der Waals surface area (Å²) in [5.41, 5.74) is 0. The van der Waals surface area contributed by atoms with Crippen LogP contribution in [-0.2, 0) is 38.1 Å². The predicted octanol–water partition coefficient (Wildman–Crippen LogP) is -0.705. The Labute approximate surface area is 139 Å². The standard InChI is InChI=1S/2C7H12O5/c1-5(9)11-4-7(3-8)12-6(2)10;1-5(8)11-4-3-7(10)12-6(2)9/h7-8H,3-4H2,1-2H3;7,10H,3-4H2,1-2H3. The maximum absolute atomic E-state index is 10.4. The molecule has 0 aromatic carbocycles. The highest BCUT2D eigenvalue weighted by Crippen LogP contribution is 1.95. The van der Waals surface area contributed by atoms with Gasteiger partial charge in [0.05, 0.1) is 13.2 Å². The number of hydrogen-bond acceptors (Lipinski definition) is 10. The Bertz CT molecular complexity index is 406. The normalized spacial score (nSPS) is 11.9. The van der Waals surface area contributed by atoms with Crippen LogP contribution in [0.3, 0.4) is 0 Å². The highest BCUT2D eigenvalue weighted by Gasteiger charge is 2.11. The zero-order valence-corrected chi connectivity index (χ0v) is 14.1. The van der Waals surface area contributed by atoms with Gasteiger partial charge in [0.25, 0.3) is 0 Å². The molecular formula is C14H24O10. The fourth-order valence-electron chi connectivity index (χ4n) is 1.12. The number of aliphatic hydroxyl groups is 2. The van der Waals surface area contributed by atoms with E-state index in [0.717, 1.165) is 0 Å². The fourth-order valence-corrected chi connectivity index (χ4v) is 1.12. The summed E-state index contributed by atoms with van der Waals surface area (Å²) in [6, 6.07) is 0. The third-order valence-corrected chi connectivity index (χ3v) is 1.98. The molecule has 2 N–H and O–H groups in total. The van der Waals surface area contributed by atoms with Gasteiger partial charge in [-0.25, -0.2) is 0 Å². The predicted molar refractivity (Wildman–Crippen MR) is 78.3 cm³/mol. The Morgan fingerprint density at radius 3 is 1.71 bits per heavy atom. The molecule has 0 bridgehead atoms. The lowest BCUT2D eigenvalue weighted by molar-refractivity contribution is -0.168. The summed E-state index contributed by atoms with van der Waals surface area (Å²) < 4.78 is 18.0. The van der Waals surface area contributed by atoms with Crippen LogP contribution in [0.5, 0.6) is 0 Å². The second-order valence-electron chi connectivity index (χ2n) is 4.41. The molecule has 0 aliphatic carbocycles. The Morgan fingerprint density at radius 2 is 1.33 bits per heavy atom. The quantitative estimate of drug-likeness (QED) is 0.326. The van der Waals surface area contributed by atoms with Gasteiger partial charge in [0, 0.05) is 34.1 Å². The topological polar surface area (TPSA) is 146 Å². The van der Waals surface area contributed by atoms with Crippen molar-refractivity contribution in [3.8, 4) is 0 Å². The first kappa shape index (κ1) is 24.1. The van der Waals surface area contributed by atoms with Crippen LogP contribution in [0, 0.1) is 0 Å². The molecule has 10 nitrogen and oxygen atoms in total. The lowest BCUT2D eigenvalue weighted by Crippen LogP contribution is -2.26. The molecule has 2 atom stereocenters. The average Bonchev–Trinajstić information content (AvgIpc) is 2.42. The second kappa shape index (κ2) is 14.4. The molecule has 0 aliphatic rings. The van der Waals surface area contributed by atoms with E-state index in [1.54, 1.807) is 0 Å². The number of carbonyl (C=O) groups excluding carboxylic acids is 4. The smallest absolute Gasteiger partial charge is 0.304 e. The van der Waals surface area contributed by atoms with E-state index in [1.165, 1.54) is 27.7 Å². The molecule has 0 spiro atoms. The Morgan fingerprint density at radius 1 is 0.833 bits per heavy atom. The molecule has 0 fully saturated rings. The van der Waals surface area contributed by atoms with E-state index in [0.29, 0.717) is 0 Å². The van der Waals surface area contributed by atoms with E-state index < -0.39 is 36.3 Å². The van der Waals surface area contributed by atoms with Crippen LogP contribution in [0.4, 0.5) is 0 Å². The van der Waals surface area contributed by atoms with Crippen LogP contribution in [0.1, 0.15) is 34.1 Å². The molecule has 0 saturated carbocycles. The molecule has 0 rings (SSSR count). The summed E-state index contributed by atoms with van der Waals surface area (Å²) in [6.07, 6.45) is -1.85. The molecule has 0 aliphatic heterocycles. The van der Waals surface area contributed by atoms with Crippen molar-refractivity contribution >= 4 is 23.9 Å². The van der Waals surface area contributed by atoms with Crippen LogP contribution in [0.15, 0.2) is 0 Å². The first-order valence-electron chi connectivity index (χ1n) is 6.98. The zero-order chi connectivity index (χ0) is 19.1. The molecule has 0 saturated heterocycles. The van der Waals surface area contributed by atoms with Gasteiger partial charge in [0.1, 0.15) is 6.61 Å². The molecule has 0 aromatic rings. The average molecular weight is 352 g/mol. The monoisotopic (exact) mass is 352 g/mol. The van der Waals surface area contributed by atoms with E-state index in [2.05, 4.69) is 18.9 Å². The summed E-state index contributed by atoms with van der Waals surface area (Å²) in [6.45, 7) is 4.49. The van der Waals surface area contributed by atoms with Crippen LogP contribution in [-0.4, -0.2) is 66.3 Å². The summed E-state index contributed by atoms with van der Waals surface area (Å²) in [5.74, 6) is -1.97. The second-order valence-corrected chi connectivity index (χ2v) is 4.41. The van der Waals surface area contributed by atoms with Gasteiger partial charge in [-0.2, -0.15) is 0 Å². The lowest BCUT2D eigenvalue weighted by atomic mass is 10.4. The van der Waals surface area contributed by atoms with Gasteiger partial charge in [-0.05, 0) is 0 Å². The molecule has 24 heavy (non-hydrogen) atoms. The van der Waals surface area contributed by atoms with Crippen molar-refractivity contribution < 1.29 is 48.3 Å². The van der Waals surface area contributed by atoms with Gasteiger partial charge in [0.2, 0.25) is 6.29 Å². The Hall–Kier alpha value is -2.20. The van der Waals surface area contributed by atoms with Crippen LogP contribution in [0.2, 0.25) is 0 Å².